The van der Waals surface area contributed by atoms with Crippen molar-refractivity contribution >= 4 is 15.9 Å². The van der Waals surface area contributed by atoms with E-state index in [1.165, 1.54) is 0 Å². The first-order chi connectivity index (χ1) is 10.9. The number of amides is 1. The van der Waals surface area contributed by atoms with Gasteiger partial charge in [0.15, 0.2) is 11.5 Å². The number of nitrogens with zero attached hydrogens (tertiary/aromatic N) is 1. The summed E-state index contributed by atoms with van der Waals surface area (Å²) in [6.45, 7) is 0.782. The van der Waals surface area contributed by atoms with Gasteiger partial charge in [-0.05, 0) is 12.5 Å². The molecule has 1 aromatic rings. The van der Waals surface area contributed by atoms with Crippen LogP contribution in [0.2, 0.25) is 0 Å². The molecule has 0 spiro atoms. The summed E-state index contributed by atoms with van der Waals surface area (Å²) in [6, 6.07) is 5.58. The van der Waals surface area contributed by atoms with Crippen molar-refractivity contribution in [2.45, 2.75) is 18.9 Å². The molecule has 2 atom stereocenters. The topological polar surface area (TPSA) is 98.9 Å². The van der Waals surface area contributed by atoms with Gasteiger partial charge in [-0.1, -0.05) is 12.1 Å². The van der Waals surface area contributed by atoms with Gasteiger partial charge in [0.2, 0.25) is 15.9 Å². The van der Waals surface area contributed by atoms with Crippen molar-refractivity contribution in [2.75, 3.05) is 26.0 Å². The first-order valence-electron chi connectivity index (χ1n) is 7.46. The summed E-state index contributed by atoms with van der Waals surface area (Å²) < 4.78 is 33.5. The molecule has 0 radical (unpaired) electrons. The number of rotatable bonds is 4. The van der Waals surface area contributed by atoms with Gasteiger partial charge < -0.3 is 14.4 Å². The monoisotopic (exact) mass is 340 g/mol. The molecule has 0 aliphatic carbocycles. The van der Waals surface area contributed by atoms with Gasteiger partial charge in [-0.3, -0.25) is 4.79 Å². The van der Waals surface area contributed by atoms with Crippen LogP contribution in [0.5, 0.6) is 11.5 Å². The molecule has 1 saturated heterocycles. The Kier molecular flexibility index (Phi) is 4.20. The maximum absolute atomic E-state index is 12.2. The van der Waals surface area contributed by atoms with Crippen molar-refractivity contribution in [1.29, 1.82) is 0 Å². The van der Waals surface area contributed by atoms with Crippen LogP contribution in [0.25, 0.3) is 0 Å². The van der Waals surface area contributed by atoms with E-state index < -0.39 is 10.0 Å². The number of ether oxygens (including phenoxy) is 2. The number of nitrogens with two attached hydrogens (primary N) is 1. The number of hydrogen-bond acceptors (Lipinski definition) is 5. The Balaban J connectivity index is 1.73. The quantitative estimate of drug-likeness (QED) is 0.840. The lowest BCUT2D eigenvalue weighted by Gasteiger charge is -2.33. The molecular weight excluding hydrogens is 320 g/mol. The number of methoxy groups -OCH3 is 1. The summed E-state index contributed by atoms with van der Waals surface area (Å²) in [6.07, 6.45) is 0.887. The van der Waals surface area contributed by atoms with Gasteiger partial charge in [0, 0.05) is 24.4 Å². The van der Waals surface area contributed by atoms with Crippen LogP contribution in [-0.2, 0) is 21.2 Å². The van der Waals surface area contributed by atoms with Crippen LogP contribution >= 0.6 is 0 Å². The number of primary sulfonamides is 1. The van der Waals surface area contributed by atoms with Crippen LogP contribution in [0.3, 0.4) is 0 Å². The molecule has 7 nitrogen and oxygen atoms in total. The second-order valence-corrected chi connectivity index (χ2v) is 7.72. The van der Waals surface area contributed by atoms with Crippen LogP contribution in [0, 0.1) is 5.92 Å². The number of para-hydroxylation sites is 1. The lowest BCUT2D eigenvalue weighted by atomic mass is 10.0. The summed E-state index contributed by atoms with van der Waals surface area (Å²) in [5, 5.41) is 5.08. The molecule has 2 aliphatic heterocycles. The Morgan fingerprint density at radius 3 is 2.87 bits per heavy atom. The second kappa shape index (κ2) is 6.01. The number of fused-ring (bicyclic) bond motifs is 1. The Morgan fingerprint density at radius 2 is 2.17 bits per heavy atom. The average molecular weight is 340 g/mol. The second-order valence-electron chi connectivity index (χ2n) is 6.06. The van der Waals surface area contributed by atoms with E-state index in [1.807, 2.05) is 18.2 Å². The maximum Gasteiger partial charge on any atom is 0.223 e. The van der Waals surface area contributed by atoms with Crippen LogP contribution in [0.15, 0.2) is 18.2 Å². The van der Waals surface area contributed by atoms with E-state index in [0.717, 1.165) is 11.3 Å². The van der Waals surface area contributed by atoms with Crippen molar-refractivity contribution in [1.82, 2.24) is 4.90 Å². The fraction of sp³-hybridized carbons (Fsp3) is 0.533. The standard InChI is InChI=1S/C15H20N2O5S/c1-21-13-4-2-3-11-6-12(8-22-15(11)13)17-7-10(5-14(17)18)9-23(16,19)20/h2-4,10,12H,5-9H2,1H3,(H2,16,19,20). The summed E-state index contributed by atoms with van der Waals surface area (Å²) in [7, 11) is -1.98. The van der Waals surface area contributed by atoms with E-state index in [1.54, 1.807) is 12.0 Å². The molecule has 23 heavy (non-hydrogen) atoms. The van der Waals surface area contributed by atoms with Gasteiger partial charge in [-0.2, -0.15) is 0 Å². The predicted octanol–water partition coefficient (Wildman–Crippen LogP) is 0.136. The van der Waals surface area contributed by atoms with E-state index in [0.29, 0.717) is 25.3 Å². The Morgan fingerprint density at radius 1 is 1.39 bits per heavy atom. The van der Waals surface area contributed by atoms with E-state index in [2.05, 4.69) is 0 Å². The third kappa shape index (κ3) is 3.42. The Hall–Kier alpha value is -1.80. The molecule has 126 valence electrons. The van der Waals surface area contributed by atoms with Crippen molar-refractivity contribution in [2.24, 2.45) is 11.1 Å². The maximum atomic E-state index is 12.2. The molecular formula is C15H20N2O5S. The van der Waals surface area contributed by atoms with Gasteiger partial charge in [-0.25, -0.2) is 13.6 Å². The van der Waals surface area contributed by atoms with Crippen LogP contribution in [0.4, 0.5) is 0 Å². The molecule has 0 saturated carbocycles. The third-order valence-electron chi connectivity index (χ3n) is 4.30. The number of sulfonamides is 1. The van der Waals surface area contributed by atoms with Gasteiger partial charge in [-0.15, -0.1) is 0 Å². The molecule has 0 bridgehead atoms. The van der Waals surface area contributed by atoms with Crippen LogP contribution in [0.1, 0.15) is 12.0 Å². The van der Waals surface area contributed by atoms with E-state index in [4.69, 9.17) is 14.6 Å². The zero-order valence-corrected chi connectivity index (χ0v) is 13.7. The molecule has 8 heteroatoms. The van der Waals surface area contributed by atoms with E-state index in [9.17, 15) is 13.2 Å². The highest BCUT2D eigenvalue weighted by Crippen LogP contribution is 2.36. The highest BCUT2D eigenvalue weighted by molar-refractivity contribution is 7.89. The van der Waals surface area contributed by atoms with Crippen molar-refractivity contribution in [3.63, 3.8) is 0 Å². The van der Waals surface area contributed by atoms with Crippen LogP contribution in [-0.4, -0.2) is 51.3 Å². The average Bonchev–Trinajstić information content (AvgIpc) is 2.84. The zero-order chi connectivity index (χ0) is 16.6. The molecule has 2 unspecified atom stereocenters. The molecule has 2 heterocycles. The number of carbonyl (C=O) groups excluding carboxylic acids is 1. The van der Waals surface area contributed by atoms with Crippen molar-refractivity contribution < 1.29 is 22.7 Å². The van der Waals surface area contributed by atoms with Gasteiger partial charge >= 0.3 is 0 Å². The minimum absolute atomic E-state index is 0.0430. The van der Waals surface area contributed by atoms with E-state index >= 15 is 0 Å². The van der Waals surface area contributed by atoms with Crippen molar-refractivity contribution in [3.05, 3.63) is 23.8 Å². The van der Waals surface area contributed by atoms with Crippen LogP contribution < -0.4 is 14.6 Å². The van der Waals surface area contributed by atoms with Gasteiger partial charge in [0.05, 0.1) is 18.9 Å². The fourth-order valence-corrected chi connectivity index (χ4v) is 4.22. The summed E-state index contributed by atoms with van der Waals surface area (Å²) in [5.41, 5.74) is 0.989. The van der Waals surface area contributed by atoms with Gasteiger partial charge in [0.25, 0.3) is 0 Å². The minimum atomic E-state index is -3.57. The number of likely N-dealkylation sites (tertiary alicyclic amines) is 1. The Bertz CT molecular complexity index is 719. The number of carbonyl (C=O) groups is 1. The normalized spacial score (nSPS) is 24.3. The molecule has 1 aromatic carbocycles. The third-order valence-corrected chi connectivity index (χ3v) is 5.24. The molecule has 1 fully saturated rings. The summed E-state index contributed by atoms with van der Waals surface area (Å²) >= 11 is 0. The first-order valence-corrected chi connectivity index (χ1v) is 9.17. The van der Waals surface area contributed by atoms with E-state index in [-0.39, 0.29) is 30.0 Å². The number of benzene rings is 1. The summed E-state index contributed by atoms with van der Waals surface area (Å²) in [5.74, 6) is 0.954. The Labute approximate surface area is 135 Å². The molecule has 1 amide bonds. The number of hydrogen-bond donors (Lipinski definition) is 1. The predicted molar refractivity (Wildman–Crippen MR) is 83.8 cm³/mol. The molecule has 2 aliphatic rings. The molecule has 3 rings (SSSR count). The summed E-state index contributed by atoms with van der Waals surface area (Å²) in [4.78, 5) is 13.9. The lowest BCUT2D eigenvalue weighted by Crippen LogP contribution is -2.44. The molecule has 0 aromatic heterocycles. The highest BCUT2D eigenvalue weighted by atomic mass is 32.2. The minimum Gasteiger partial charge on any atom is -0.493 e. The van der Waals surface area contributed by atoms with Crippen molar-refractivity contribution in [3.8, 4) is 11.5 Å². The zero-order valence-electron chi connectivity index (χ0n) is 12.9. The SMILES string of the molecule is COc1cccc2c1OCC(N1CC(CS(N)(=O)=O)CC1=O)C2. The van der Waals surface area contributed by atoms with Gasteiger partial charge in [0.1, 0.15) is 6.61 Å². The fourth-order valence-electron chi connectivity index (χ4n) is 3.34. The lowest BCUT2D eigenvalue weighted by molar-refractivity contribution is -0.130. The largest absolute Gasteiger partial charge is 0.493 e. The molecule has 2 N–H and O–H groups in total. The smallest absolute Gasteiger partial charge is 0.223 e. The highest BCUT2D eigenvalue weighted by Gasteiger charge is 2.38. The first kappa shape index (κ1) is 16.1.